The first kappa shape index (κ1) is 35.3. The second kappa shape index (κ2) is 17.3. The van der Waals surface area contributed by atoms with Gasteiger partial charge in [-0.2, -0.15) is 0 Å². The van der Waals surface area contributed by atoms with E-state index >= 15 is 0 Å². The molecule has 10 nitrogen and oxygen atoms in total. The van der Waals surface area contributed by atoms with Gasteiger partial charge < -0.3 is 34.1 Å². The van der Waals surface area contributed by atoms with Crippen molar-refractivity contribution in [3.63, 3.8) is 0 Å². The van der Waals surface area contributed by atoms with E-state index in [0.29, 0.717) is 22.9 Å². The van der Waals surface area contributed by atoms with E-state index < -0.39 is 0 Å². The number of nitrogens with zero attached hydrogens (tertiary/aromatic N) is 8. The van der Waals surface area contributed by atoms with E-state index in [2.05, 4.69) is 56.5 Å². The van der Waals surface area contributed by atoms with E-state index in [1.54, 1.807) is 36.9 Å². The normalized spacial score (nSPS) is 10.9. The van der Waals surface area contributed by atoms with E-state index in [4.69, 9.17) is 9.47 Å². The molecule has 0 aliphatic carbocycles. The lowest BCUT2D eigenvalue weighted by molar-refractivity contribution is -0.654. The lowest BCUT2D eigenvalue weighted by atomic mass is 10.2. The fourth-order valence-electron chi connectivity index (χ4n) is 4.15. The minimum Gasteiger partial charge on any atom is -0.494 e. The van der Waals surface area contributed by atoms with Crippen LogP contribution in [0.5, 0.6) is 11.5 Å². The summed E-state index contributed by atoms with van der Waals surface area (Å²) in [5.74, 6) is 1.42. The van der Waals surface area contributed by atoms with Gasteiger partial charge in [-0.05, 0) is 76.4 Å². The van der Waals surface area contributed by atoms with Crippen LogP contribution in [-0.2, 0) is 14.1 Å². The standard InChI is InChI=1S/C29H38N8O2S2.2CH3/c1-34(22-10-12-24(26(20-22)38-5)30-32-28-36(3)16-18-40-28)14-8-7-9-15-35(2)23-11-13-25(27(21-23)39-6)31-33-29-37(4)17-19-41-29;;/h10-13,16-21H,7-9,14-15H2,1-6H3;2*1H3/q+2;2*-1. The quantitative estimate of drug-likeness (QED) is 0.0617. The molecule has 0 fully saturated rings. The third-order valence-corrected chi connectivity index (χ3v) is 8.38. The van der Waals surface area contributed by atoms with E-state index in [9.17, 15) is 0 Å². The SMILES string of the molecule is COc1cc(N(C)CCCCCN(C)c2ccc(N=Nc3scc[n+]3C)c(OC)c2)ccc1N=Nc1scc[n+]1C.[CH3-].[CH3-]. The molecule has 0 amide bonds. The van der Waals surface area contributed by atoms with Gasteiger partial charge in [0.2, 0.25) is 0 Å². The maximum Gasteiger partial charge on any atom is 0.408 e. The molecular formula is C31H44N8O2S2. The van der Waals surface area contributed by atoms with Crippen molar-refractivity contribution in [2.45, 2.75) is 19.3 Å². The van der Waals surface area contributed by atoms with Crippen LogP contribution in [0.15, 0.2) is 80.0 Å². The largest absolute Gasteiger partial charge is 0.494 e. The first-order valence-corrected chi connectivity index (χ1v) is 15.1. The summed E-state index contributed by atoms with van der Waals surface area (Å²) < 4.78 is 15.1. The van der Waals surface area contributed by atoms with Crippen molar-refractivity contribution in [2.24, 2.45) is 34.6 Å². The van der Waals surface area contributed by atoms with Gasteiger partial charge in [0.25, 0.3) is 0 Å². The van der Waals surface area contributed by atoms with Crippen molar-refractivity contribution >= 4 is 55.7 Å². The predicted octanol–water partition coefficient (Wildman–Crippen LogP) is 7.95. The molecule has 2 heterocycles. The van der Waals surface area contributed by atoms with Crippen molar-refractivity contribution in [3.05, 3.63) is 74.4 Å². The Morgan fingerprint density at radius 3 is 1.42 bits per heavy atom. The summed E-state index contributed by atoms with van der Waals surface area (Å²) in [5, 5.41) is 23.1. The Morgan fingerprint density at radius 2 is 1.07 bits per heavy atom. The first-order chi connectivity index (χ1) is 19.9. The molecule has 0 saturated heterocycles. The molecule has 0 bridgehead atoms. The summed E-state index contributed by atoms with van der Waals surface area (Å²) in [7, 11) is 11.5. The molecule has 0 N–H and O–H groups in total. The average Bonchev–Trinajstić information content (AvgIpc) is 3.60. The van der Waals surface area contributed by atoms with E-state index in [1.807, 2.05) is 70.6 Å². The molecular weight excluding hydrogens is 581 g/mol. The van der Waals surface area contributed by atoms with Crippen molar-refractivity contribution in [3.8, 4) is 11.5 Å². The minimum atomic E-state index is 0. The molecule has 0 aliphatic heterocycles. The maximum absolute atomic E-state index is 5.60. The summed E-state index contributed by atoms with van der Waals surface area (Å²) in [6.07, 6.45) is 7.22. The smallest absolute Gasteiger partial charge is 0.408 e. The highest BCUT2D eigenvalue weighted by Gasteiger charge is 2.13. The van der Waals surface area contributed by atoms with Gasteiger partial charge >= 0.3 is 10.3 Å². The first-order valence-electron chi connectivity index (χ1n) is 13.4. The van der Waals surface area contributed by atoms with Crippen LogP contribution in [-0.4, -0.2) is 41.4 Å². The van der Waals surface area contributed by atoms with Crippen LogP contribution in [0.25, 0.3) is 0 Å². The zero-order valence-corrected chi connectivity index (χ0v) is 28.2. The van der Waals surface area contributed by atoms with Crippen LogP contribution < -0.4 is 28.4 Å². The predicted molar refractivity (Wildman–Crippen MR) is 179 cm³/mol. The monoisotopic (exact) mass is 624 g/mol. The Kier molecular flexibility index (Phi) is 14.2. The molecule has 0 unspecified atom stereocenters. The molecule has 232 valence electrons. The molecule has 0 atom stereocenters. The number of azo groups is 2. The molecule has 4 aromatic rings. The van der Waals surface area contributed by atoms with Gasteiger partial charge in [0, 0.05) is 61.5 Å². The highest BCUT2D eigenvalue weighted by atomic mass is 32.1. The molecule has 0 radical (unpaired) electrons. The van der Waals surface area contributed by atoms with Gasteiger partial charge in [-0.25, -0.2) is 9.13 Å². The molecule has 12 heteroatoms. The lowest BCUT2D eigenvalue weighted by Crippen LogP contribution is -2.23. The lowest BCUT2D eigenvalue weighted by Gasteiger charge is -2.22. The Bertz CT molecular complexity index is 1370. The Morgan fingerprint density at radius 1 is 0.651 bits per heavy atom. The van der Waals surface area contributed by atoms with Crippen molar-refractivity contribution in [1.29, 1.82) is 0 Å². The fourth-order valence-corrected chi connectivity index (χ4v) is 5.51. The molecule has 2 aromatic heterocycles. The molecule has 2 aromatic carbocycles. The highest BCUT2D eigenvalue weighted by molar-refractivity contribution is 7.13. The Balaban J connectivity index is 0.00000323. The number of hydrogen-bond acceptors (Lipinski definition) is 10. The van der Waals surface area contributed by atoms with Gasteiger partial charge in [0.15, 0.2) is 22.9 Å². The van der Waals surface area contributed by atoms with Gasteiger partial charge in [0.05, 0.1) is 38.5 Å². The third-order valence-electron chi connectivity index (χ3n) is 6.70. The minimum absolute atomic E-state index is 0. The second-order valence-corrected chi connectivity index (χ2v) is 11.4. The summed E-state index contributed by atoms with van der Waals surface area (Å²) in [4.78, 5) is 4.50. The zero-order chi connectivity index (χ0) is 29.2. The van der Waals surface area contributed by atoms with Gasteiger partial charge in [-0.3, -0.25) is 0 Å². The van der Waals surface area contributed by atoms with Crippen LogP contribution in [0.4, 0.5) is 33.0 Å². The number of methoxy groups -OCH3 is 2. The second-order valence-electron chi connectivity index (χ2n) is 9.61. The molecule has 4 rings (SSSR count). The summed E-state index contributed by atoms with van der Waals surface area (Å²) in [6, 6.07) is 12.1. The molecule has 43 heavy (non-hydrogen) atoms. The van der Waals surface area contributed by atoms with Crippen LogP contribution in [0.3, 0.4) is 0 Å². The summed E-state index contributed by atoms with van der Waals surface area (Å²) >= 11 is 3.09. The van der Waals surface area contributed by atoms with Gasteiger partial charge in [0.1, 0.15) is 12.4 Å². The topological polar surface area (TPSA) is 82.1 Å². The Labute approximate surface area is 264 Å². The number of ether oxygens (including phenoxy) is 2. The van der Waals surface area contributed by atoms with Crippen molar-refractivity contribution in [2.75, 3.05) is 51.2 Å². The third kappa shape index (κ3) is 9.55. The number of anilines is 2. The maximum atomic E-state index is 5.60. The zero-order valence-electron chi connectivity index (χ0n) is 26.5. The molecule has 0 spiro atoms. The van der Waals surface area contributed by atoms with Gasteiger partial charge in [-0.15, -0.1) is 0 Å². The Hall–Kier alpha value is -3.90. The fraction of sp³-hybridized carbons (Fsp3) is 0.355. The number of unbranched alkanes of at least 4 members (excludes halogenated alkanes) is 2. The van der Waals surface area contributed by atoms with Crippen LogP contribution in [0, 0.1) is 14.9 Å². The number of aromatic nitrogens is 2. The average molecular weight is 625 g/mol. The van der Waals surface area contributed by atoms with Crippen LogP contribution in [0.2, 0.25) is 0 Å². The number of thiazole rings is 2. The van der Waals surface area contributed by atoms with Crippen molar-refractivity contribution in [1.82, 2.24) is 0 Å². The summed E-state index contributed by atoms with van der Waals surface area (Å²) in [6.45, 7) is 1.91. The van der Waals surface area contributed by atoms with Crippen LogP contribution >= 0.6 is 22.7 Å². The molecule has 0 saturated carbocycles. The number of rotatable bonds is 14. The van der Waals surface area contributed by atoms with Crippen molar-refractivity contribution < 1.29 is 18.6 Å². The van der Waals surface area contributed by atoms with Crippen LogP contribution in [0.1, 0.15) is 19.3 Å². The van der Waals surface area contributed by atoms with Gasteiger partial charge in [-0.1, -0.05) is 0 Å². The highest BCUT2D eigenvalue weighted by Crippen LogP contribution is 2.34. The number of hydrogen-bond donors (Lipinski definition) is 0. The van der Waals surface area contributed by atoms with E-state index in [0.717, 1.165) is 54.0 Å². The molecule has 0 aliphatic rings. The number of aryl methyl sites for hydroxylation is 2. The van der Waals surface area contributed by atoms with E-state index in [1.165, 1.54) is 0 Å². The number of benzene rings is 2. The van der Waals surface area contributed by atoms with E-state index in [-0.39, 0.29) is 14.9 Å². The summed E-state index contributed by atoms with van der Waals surface area (Å²) in [5.41, 5.74) is 3.62.